The lowest BCUT2D eigenvalue weighted by Crippen LogP contribution is -2.13. The normalized spacial score (nSPS) is 11.7. The first-order valence-electron chi connectivity index (χ1n) is 7.45. The number of allylic oxidation sites excluding steroid dienone is 1. The number of carbonyl (C=O) groups excluding carboxylic acids is 1. The van der Waals surface area contributed by atoms with Gasteiger partial charge in [0, 0.05) is 15.5 Å². The Hall–Kier alpha value is -3.26. The Morgan fingerprint density at radius 3 is 2.69 bits per heavy atom. The smallest absolute Gasteiger partial charge is 0.352 e. The first kappa shape index (κ1) is 17.6. The van der Waals surface area contributed by atoms with Crippen molar-refractivity contribution in [2.24, 2.45) is 5.73 Å². The van der Waals surface area contributed by atoms with Crippen LogP contribution in [-0.4, -0.2) is 27.3 Å². The van der Waals surface area contributed by atoms with Crippen LogP contribution in [0.15, 0.2) is 59.0 Å². The van der Waals surface area contributed by atoms with Gasteiger partial charge in [-0.05, 0) is 35.9 Å². The zero-order valence-corrected chi connectivity index (χ0v) is 14.9. The fraction of sp³-hybridized carbons (Fsp3) is 0. The summed E-state index contributed by atoms with van der Waals surface area (Å²) in [6.07, 6.45) is 1.85. The van der Waals surface area contributed by atoms with Crippen LogP contribution < -0.4 is 11.1 Å². The van der Waals surface area contributed by atoms with E-state index in [-0.39, 0.29) is 5.57 Å². The molecule has 0 atom stereocenters. The molecule has 7 nitrogen and oxygen atoms in total. The number of aliphatic carboxylic acids is 1. The standard InChI is InChI=1S/C18H13BrN4O3/c19-11-2-1-3-12(7-11)23-17-13-6-10(4-5-15(13)21-9-22-17)14(8-24)16(20)18(25)26/h1-9H,20H2,(H,25,26)(H,21,22,23)/b16-14+. The Kier molecular flexibility index (Phi) is 4.94. The summed E-state index contributed by atoms with van der Waals surface area (Å²) in [5.41, 5.74) is 6.73. The number of halogens is 1. The molecule has 0 radical (unpaired) electrons. The van der Waals surface area contributed by atoms with Crippen LogP contribution in [0.1, 0.15) is 5.56 Å². The molecule has 8 heteroatoms. The zero-order chi connectivity index (χ0) is 18.7. The van der Waals surface area contributed by atoms with Crippen molar-refractivity contribution in [1.82, 2.24) is 9.97 Å². The first-order valence-corrected chi connectivity index (χ1v) is 8.25. The molecular formula is C18H13BrN4O3. The number of nitrogens with zero attached hydrogens (tertiary/aromatic N) is 2. The molecule has 0 saturated carbocycles. The molecule has 4 N–H and O–H groups in total. The van der Waals surface area contributed by atoms with E-state index >= 15 is 0 Å². The lowest BCUT2D eigenvalue weighted by Gasteiger charge is -2.10. The molecule has 0 amide bonds. The van der Waals surface area contributed by atoms with Gasteiger partial charge in [0.15, 0.2) is 6.29 Å². The fourth-order valence-electron chi connectivity index (χ4n) is 2.43. The predicted octanol–water partition coefficient (Wildman–Crippen LogP) is 3.09. The van der Waals surface area contributed by atoms with E-state index in [1.54, 1.807) is 18.2 Å². The van der Waals surface area contributed by atoms with Crippen molar-refractivity contribution in [2.75, 3.05) is 5.32 Å². The number of carboxylic acid groups (broad SMARTS) is 1. The van der Waals surface area contributed by atoms with Gasteiger partial charge in [0.1, 0.15) is 17.8 Å². The fourth-order valence-corrected chi connectivity index (χ4v) is 2.83. The van der Waals surface area contributed by atoms with Crippen LogP contribution in [0.3, 0.4) is 0 Å². The maximum Gasteiger partial charge on any atom is 0.352 e. The highest BCUT2D eigenvalue weighted by molar-refractivity contribution is 9.10. The monoisotopic (exact) mass is 412 g/mol. The van der Waals surface area contributed by atoms with Crippen molar-refractivity contribution in [3.05, 3.63) is 64.5 Å². The average molecular weight is 413 g/mol. The molecule has 0 aliphatic rings. The van der Waals surface area contributed by atoms with Gasteiger partial charge in [-0.1, -0.05) is 28.1 Å². The van der Waals surface area contributed by atoms with E-state index in [1.165, 1.54) is 6.33 Å². The second-order valence-corrected chi connectivity index (χ2v) is 6.26. The molecule has 0 aliphatic heterocycles. The SMILES string of the molecule is N/C(C(=O)O)=C(\C=O)c1ccc2ncnc(Nc3cccc(Br)c3)c2c1. The number of anilines is 2. The molecular weight excluding hydrogens is 400 g/mol. The molecule has 1 aromatic heterocycles. The molecule has 0 fully saturated rings. The Labute approximate surface area is 156 Å². The molecule has 1 heterocycles. The number of nitrogens with one attached hydrogen (secondary N) is 1. The lowest BCUT2D eigenvalue weighted by atomic mass is 10.0. The minimum atomic E-state index is -1.36. The van der Waals surface area contributed by atoms with Crippen LogP contribution in [0.5, 0.6) is 0 Å². The summed E-state index contributed by atoms with van der Waals surface area (Å²) in [5, 5.41) is 12.9. The number of benzene rings is 2. The molecule has 3 aromatic rings. The van der Waals surface area contributed by atoms with Crippen LogP contribution in [-0.2, 0) is 9.59 Å². The van der Waals surface area contributed by atoms with Crippen LogP contribution in [0.4, 0.5) is 11.5 Å². The first-order chi connectivity index (χ1) is 12.5. The summed E-state index contributed by atoms with van der Waals surface area (Å²) in [6.45, 7) is 0. The van der Waals surface area contributed by atoms with Crippen LogP contribution in [0, 0.1) is 0 Å². The average Bonchev–Trinajstić information content (AvgIpc) is 2.62. The highest BCUT2D eigenvalue weighted by Crippen LogP contribution is 2.27. The Morgan fingerprint density at radius 2 is 2.00 bits per heavy atom. The van der Waals surface area contributed by atoms with E-state index in [0.29, 0.717) is 28.6 Å². The number of hydrogen-bond acceptors (Lipinski definition) is 6. The number of carboxylic acids is 1. The number of aldehydes is 1. The van der Waals surface area contributed by atoms with Gasteiger partial charge in [0.05, 0.1) is 11.1 Å². The molecule has 0 spiro atoms. The third-order valence-corrected chi connectivity index (χ3v) is 4.17. The van der Waals surface area contributed by atoms with Gasteiger partial charge in [-0.15, -0.1) is 0 Å². The Morgan fingerprint density at radius 1 is 1.19 bits per heavy atom. The van der Waals surface area contributed by atoms with Crippen molar-refractivity contribution in [1.29, 1.82) is 0 Å². The minimum Gasteiger partial charge on any atom is -0.477 e. The summed E-state index contributed by atoms with van der Waals surface area (Å²) in [5.74, 6) is -0.835. The summed E-state index contributed by atoms with van der Waals surface area (Å²) in [6, 6.07) is 12.4. The molecule has 0 saturated heterocycles. The number of fused-ring (bicyclic) bond motifs is 1. The predicted molar refractivity (Wildman–Crippen MR) is 102 cm³/mol. The lowest BCUT2D eigenvalue weighted by molar-refractivity contribution is -0.132. The highest BCUT2D eigenvalue weighted by atomic mass is 79.9. The van der Waals surface area contributed by atoms with Gasteiger partial charge in [-0.3, -0.25) is 4.79 Å². The van der Waals surface area contributed by atoms with Crippen molar-refractivity contribution in [3.63, 3.8) is 0 Å². The maximum atomic E-state index is 11.3. The highest BCUT2D eigenvalue weighted by Gasteiger charge is 2.14. The zero-order valence-electron chi connectivity index (χ0n) is 13.3. The Balaban J connectivity index is 2.13. The summed E-state index contributed by atoms with van der Waals surface area (Å²) < 4.78 is 0.905. The molecule has 2 aromatic carbocycles. The minimum absolute atomic E-state index is 0.100. The van der Waals surface area contributed by atoms with Crippen LogP contribution in [0.2, 0.25) is 0 Å². The van der Waals surface area contributed by atoms with E-state index in [2.05, 4.69) is 31.2 Å². The third-order valence-electron chi connectivity index (χ3n) is 3.67. The second-order valence-electron chi connectivity index (χ2n) is 5.34. The van der Waals surface area contributed by atoms with E-state index in [4.69, 9.17) is 10.8 Å². The van der Waals surface area contributed by atoms with Crippen molar-refractivity contribution < 1.29 is 14.7 Å². The number of hydrogen-bond donors (Lipinski definition) is 3. The third kappa shape index (κ3) is 3.55. The largest absolute Gasteiger partial charge is 0.477 e. The van der Waals surface area contributed by atoms with Crippen molar-refractivity contribution >= 4 is 56.2 Å². The summed E-state index contributed by atoms with van der Waals surface area (Å²) in [4.78, 5) is 30.9. The molecule has 0 bridgehead atoms. The van der Waals surface area contributed by atoms with E-state index in [1.807, 2.05) is 24.3 Å². The van der Waals surface area contributed by atoms with Gasteiger partial charge in [-0.25, -0.2) is 14.8 Å². The van der Waals surface area contributed by atoms with Gasteiger partial charge in [-0.2, -0.15) is 0 Å². The van der Waals surface area contributed by atoms with Crippen LogP contribution >= 0.6 is 15.9 Å². The van der Waals surface area contributed by atoms with Gasteiger partial charge >= 0.3 is 5.97 Å². The summed E-state index contributed by atoms with van der Waals surface area (Å²) >= 11 is 3.41. The molecule has 0 aliphatic carbocycles. The van der Waals surface area contributed by atoms with Crippen LogP contribution in [0.25, 0.3) is 16.5 Å². The Bertz CT molecular complexity index is 1050. The van der Waals surface area contributed by atoms with E-state index in [0.717, 1.165) is 10.2 Å². The molecule has 130 valence electrons. The van der Waals surface area contributed by atoms with Crippen molar-refractivity contribution in [3.8, 4) is 0 Å². The van der Waals surface area contributed by atoms with Gasteiger partial charge < -0.3 is 16.2 Å². The number of carbonyl (C=O) groups is 2. The van der Waals surface area contributed by atoms with E-state index < -0.39 is 11.7 Å². The second kappa shape index (κ2) is 7.32. The maximum absolute atomic E-state index is 11.3. The van der Waals surface area contributed by atoms with Crippen molar-refractivity contribution in [2.45, 2.75) is 0 Å². The van der Waals surface area contributed by atoms with Gasteiger partial charge in [0.2, 0.25) is 0 Å². The molecule has 0 unspecified atom stereocenters. The molecule has 3 rings (SSSR count). The topological polar surface area (TPSA) is 118 Å². The quantitative estimate of drug-likeness (QED) is 0.435. The molecule has 26 heavy (non-hydrogen) atoms. The summed E-state index contributed by atoms with van der Waals surface area (Å²) in [7, 11) is 0. The van der Waals surface area contributed by atoms with Gasteiger partial charge in [0.25, 0.3) is 0 Å². The number of rotatable bonds is 5. The number of nitrogens with two attached hydrogens (primary N) is 1. The number of aromatic nitrogens is 2. The van der Waals surface area contributed by atoms with E-state index in [9.17, 15) is 9.59 Å².